The summed E-state index contributed by atoms with van der Waals surface area (Å²) in [5, 5.41) is 10.5. The Morgan fingerprint density at radius 3 is 2.77 bits per heavy atom. The molecule has 3 aromatic rings. The Hall–Kier alpha value is -2.83. The Balaban J connectivity index is 1.58. The number of carbonyl (C=O) groups excluding carboxylic acids is 1. The summed E-state index contributed by atoms with van der Waals surface area (Å²) in [7, 11) is 0. The summed E-state index contributed by atoms with van der Waals surface area (Å²) in [5.74, 6) is 0.467. The number of hydrogen-bond acceptors (Lipinski definition) is 4. The molecule has 2 atom stereocenters. The Morgan fingerprint density at radius 1 is 1.16 bits per heavy atom. The van der Waals surface area contributed by atoms with E-state index in [9.17, 15) is 4.79 Å². The number of hydrogen-bond donors (Lipinski definition) is 1. The summed E-state index contributed by atoms with van der Waals surface area (Å²) in [6.45, 7) is 2.01. The van der Waals surface area contributed by atoms with Crippen molar-refractivity contribution in [2.45, 2.75) is 25.1 Å². The van der Waals surface area contributed by atoms with Crippen molar-refractivity contribution in [2.75, 3.05) is 5.32 Å². The number of benzene rings is 3. The number of rotatable bonds is 1. The van der Waals surface area contributed by atoms with Crippen LogP contribution in [0.3, 0.4) is 0 Å². The standard InChI is InChI=1S/C24H17BrClN3O2/c1-13-2-8-19-18(10-13)24(23(30)27-19)29-21(17-11-15(25)5-9-22(17)31-24)12-20(28-29)14-3-6-16(26)7-4-14/h2-11,21H,12H2,1H3,(H,27,30)/t21-,24+/m0/s1. The predicted molar refractivity (Wildman–Crippen MR) is 123 cm³/mol. The van der Waals surface area contributed by atoms with Crippen LogP contribution in [0.25, 0.3) is 0 Å². The molecule has 5 nitrogen and oxygen atoms in total. The summed E-state index contributed by atoms with van der Waals surface area (Å²) in [6, 6.07) is 19.3. The molecule has 0 radical (unpaired) electrons. The molecule has 1 amide bonds. The maximum atomic E-state index is 13.5. The zero-order valence-electron chi connectivity index (χ0n) is 16.5. The molecule has 31 heavy (non-hydrogen) atoms. The molecule has 1 spiro atoms. The molecule has 3 heterocycles. The first-order chi connectivity index (χ1) is 15.0. The van der Waals surface area contributed by atoms with Crippen LogP contribution in [-0.2, 0) is 10.5 Å². The third-order valence-electron chi connectivity index (χ3n) is 6.10. The van der Waals surface area contributed by atoms with Crippen LogP contribution in [0.15, 0.2) is 70.2 Å². The van der Waals surface area contributed by atoms with Crippen molar-refractivity contribution in [3.05, 3.63) is 92.4 Å². The van der Waals surface area contributed by atoms with Gasteiger partial charge < -0.3 is 10.1 Å². The lowest BCUT2D eigenvalue weighted by molar-refractivity contribution is -0.161. The van der Waals surface area contributed by atoms with Crippen molar-refractivity contribution in [3.8, 4) is 5.75 Å². The average molecular weight is 495 g/mol. The van der Waals surface area contributed by atoms with E-state index in [1.165, 1.54) is 0 Å². The van der Waals surface area contributed by atoms with Gasteiger partial charge >= 0.3 is 5.72 Å². The summed E-state index contributed by atoms with van der Waals surface area (Å²) in [6.07, 6.45) is 0.657. The highest BCUT2D eigenvalue weighted by Crippen LogP contribution is 2.54. The molecule has 1 N–H and O–H groups in total. The largest absolute Gasteiger partial charge is 0.453 e. The Morgan fingerprint density at radius 2 is 1.97 bits per heavy atom. The SMILES string of the molecule is Cc1ccc2c(c1)[C@@]1(Oc3ccc(Br)cc3[C@@H]3CC(c4ccc(Cl)cc4)=NN31)C(=O)N2. The van der Waals surface area contributed by atoms with Gasteiger partial charge in [-0.1, -0.05) is 51.3 Å². The van der Waals surface area contributed by atoms with Gasteiger partial charge in [0.2, 0.25) is 0 Å². The fourth-order valence-corrected chi connectivity index (χ4v) is 5.15. The van der Waals surface area contributed by atoms with Crippen molar-refractivity contribution >= 4 is 44.8 Å². The highest BCUT2D eigenvalue weighted by molar-refractivity contribution is 9.10. The molecule has 7 heteroatoms. The molecule has 0 saturated carbocycles. The number of nitrogens with one attached hydrogen (secondary N) is 1. The average Bonchev–Trinajstić information content (AvgIpc) is 3.31. The van der Waals surface area contributed by atoms with E-state index in [0.29, 0.717) is 17.2 Å². The van der Waals surface area contributed by atoms with Gasteiger partial charge in [0.15, 0.2) is 0 Å². The van der Waals surface area contributed by atoms with Crippen LogP contribution in [-0.4, -0.2) is 16.6 Å². The second-order valence-electron chi connectivity index (χ2n) is 8.05. The molecule has 0 fully saturated rings. The van der Waals surface area contributed by atoms with Crippen LogP contribution in [0, 0.1) is 6.92 Å². The number of fused-ring (bicyclic) bond motifs is 6. The first-order valence-electron chi connectivity index (χ1n) is 9.99. The van der Waals surface area contributed by atoms with E-state index in [1.807, 2.05) is 72.6 Å². The van der Waals surface area contributed by atoms with Crippen molar-refractivity contribution in [2.24, 2.45) is 5.10 Å². The van der Waals surface area contributed by atoms with Gasteiger partial charge in [-0.15, -0.1) is 0 Å². The molecule has 0 unspecified atom stereocenters. The minimum Gasteiger partial charge on any atom is -0.453 e. The minimum absolute atomic E-state index is 0.135. The molecule has 0 aromatic heterocycles. The monoisotopic (exact) mass is 493 g/mol. The van der Waals surface area contributed by atoms with Crippen molar-refractivity contribution in [1.29, 1.82) is 0 Å². The van der Waals surface area contributed by atoms with Gasteiger partial charge in [-0.05, 0) is 55.0 Å². The third kappa shape index (κ3) is 2.68. The lowest BCUT2D eigenvalue weighted by Gasteiger charge is -2.44. The summed E-state index contributed by atoms with van der Waals surface area (Å²) < 4.78 is 7.47. The van der Waals surface area contributed by atoms with Gasteiger partial charge in [0.1, 0.15) is 5.75 Å². The summed E-state index contributed by atoms with van der Waals surface area (Å²) in [4.78, 5) is 13.5. The molecular weight excluding hydrogens is 478 g/mol. The van der Waals surface area contributed by atoms with Gasteiger partial charge in [0.25, 0.3) is 5.91 Å². The zero-order chi connectivity index (χ0) is 21.3. The fraction of sp³-hybridized carbons (Fsp3) is 0.167. The minimum atomic E-state index is -1.35. The van der Waals surface area contributed by atoms with Crippen LogP contribution < -0.4 is 10.1 Å². The lowest BCUT2D eigenvalue weighted by Crippen LogP contribution is -2.55. The van der Waals surface area contributed by atoms with Crippen LogP contribution >= 0.6 is 27.5 Å². The molecule has 154 valence electrons. The lowest BCUT2D eigenvalue weighted by atomic mass is 9.92. The number of carbonyl (C=O) groups is 1. The highest BCUT2D eigenvalue weighted by Gasteiger charge is 2.60. The molecule has 0 saturated heterocycles. The van der Waals surface area contributed by atoms with E-state index in [-0.39, 0.29) is 11.9 Å². The van der Waals surface area contributed by atoms with Gasteiger partial charge in [0.05, 0.1) is 23.0 Å². The summed E-state index contributed by atoms with van der Waals surface area (Å²) >= 11 is 9.66. The molecule has 3 aromatic carbocycles. The fourth-order valence-electron chi connectivity index (χ4n) is 4.64. The number of nitrogens with zero attached hydrogens (tertiary/aromatic N) is 2. The number of amides is 1. The molecule has 3 aliphatic heterocycles. The van der Waals surface area contributed by atoms with Crippen molar-refractivity contribution in [3.63, 3.8) is 0 Å². The molecule has 0 bridgehead atoms. The summed E-state index contributed by atoms with van der Waals surface area (Å²) in [5.41, 5.74) is 4.13. The molecule has 0 aliphatic carbocycles. The van der Waals surface area contributed by atoms with E-state index < -0.39 is 5.72 Å². The second kappa shape index (κ2) is 6.58. The zero-order valence-corrected chi connectivity index (χ0v) is 18.9. The van der Waals surface area contributed by atoms with Crippen LogP contribution in [0.2, 0.25) is 5.02 Å². The quantitative estimate of drug-likeness (QED) is 0.468. The first-order valence-corrected chi connectivity index (χ1v) is 11.2. The number of anilines is 1. The Kier molecular flexibility index (Phi) is 4.01. The molecule has 6 rings (SSSR count). The normalized spacial score (nSPS) is 23.1. The molecule has 3 aliphatic rings. The van der Waals surface area contributed by atoms with Crippen LogP contribution in [0.1, 0.15) is 34.7 Å². The Bertz CT molecular complexity index is 1290. The van der Waals surface area contributed by atoms with Gasteiger partial charge in [-0.25, -0.2) is 5.01 Å². The second-order valence-corrected chi connectivity index (χ2v) is 9.40. The third-order valence-corrected chi connectivity index (χ3v) is 6.84. The predicted octanol–water partition coefficient (Wildman–Crippen LogP) is 5.76. The topological polar surface area (TPSA) is 53.9 Å². The van der Waals surface area contributed by atoms with Gasteiger partial charge in [0, 0.05) is 21.5 Å². The van der Waals surface area contributed by atoms with E-state index in [1.54, 1.807) is 0 Å². The van der Waals surface area contributed by atoms with E-state index in [4.69, 9.17) is 21.4 Å². The van der Waals surface area contributed by atoms with Gasteiger partial charge in [-0.3, -0.25) is 4.79 Å². The number of halogens is 2. The number of ether oxygens (including phenoxy) is 1. The molecular formula is C24H17BrClN3O2. The first kappa shape index (κ1) is 18.9. The number of hydrazone groups is 1. The van der Waals surface area contributed by atoms with E-state index in [2.05, 4.69) is 21.2 Å². The number of aryl methyl sites for hydroxylation is 1. The van der Waals surface area contributed by atoms with Crippen LogP contribution in [0.4, 0.5) is 5.69 Å². The smallest absolute Gasteiger partial charge is 0.306 e. The van der Waals surface area contributed by atoms with E-state index >= 15 is 0 Å². The van der Waals surface area contributed by atoms with Crippen molar-refractivity contribution < 1.29 is 9.53 Å². The van der Waals surface area contributed by atoms with Crippen LogP contribution in [0.5, 0.6) is 5.75 Å². The highest BCUT2D eigenvalue weighted by atomic mass is 79.9. The van der Waals surface area contributed by atoms with E-state index in [0.717, 1.165) is 38.1 Å². The van der Waals surface area contributed by atoms with Gasteiger partial charge in [-0.2, -0.15) is 5.10 Å². The Labute approximate surface area is 192 Å². The maximum Gasteiger partial charge on any atom is 0.306 e. The maximum absolute atomic E-state index is 13.5. The van der Waals surface area contributed by atoms with Crippen molar-refractivity contribution in [1.82, 2.24) is 5.01 Å².